The Morgan fingerprint density at radius 2 is 1.49 bits per heavy atom. The van der Waals surface area contributed by atoms with Gasteiger partial charge in [0.15, 0.2) is 0 Å². The monoisotopic (exact) mass is 503 g/mol. The lowest BCUT2D eigenvalue weighted by atomic mass is 10.2. The van der Waals surface area contributed by atoms with E-state index in [4.69, 9.17) is 9.47 Å². The van der Waals surface area contributed by atoms with Crippen molar-refractivity contribution >= 4 is 34.8 Å². The molecule has 1 saturated heterocycles. The second-order valence-corrected chi connectivity index (χ2v) is 8.89. The number of nitrogens with zero attached hydrogens (tertiary/aromatic N) is 2. The van der Waals surface area contributed by atoms with Crippen LogP contribution in [0.15, 0.2) is 60.7 Å². The van der Waals surface area contributed by atoms with Gasteiger partial charge < -0.3 is 35.2 Å². The lowest BCUT2D eigenvalue weighted by Gasteiger charge is -2.36. The molecule has 194 valence electrons. The summed E-state index contributed by atoms with van der Waals surface area (Å²) in [7, 11) is 3.16. The van der Waals surface area contributed by atoms with Gasteiger partial charge in [-0.05, 0) is 67.4 Å². The Hall–Kier alpha value is -4.40. The highest BCUT2D eigenvalue weighted by Crippen LogP contribution is 2.29. The van der Waals surface area contributed by atoms with Crippen LogP contribution in [0.4, 0.5) is 32.3 Å². The average molecular weight is 504 g/mol. The molecule has 1 aliphatic heterocycles. The highest BCUT2D eigenvalue weighted by atomic mass is 16.5. The summed E-state index contributed by atoms with van der Waals surface area (Å²) in [4.78, 5) is 29.4. The SMILES string of the molecule is COc1ccc(C)cc1NC(=O)Nc1ccc(N2CCN(C(=O)Nc3c(C)cccc3OC)CC2)cc1. The third-order valence-corrected chi connectivity index (χ3v) is 6.35. The summed E-state index contributed by atoms with van der Waals surface area (Å²) in [6.45, 7) is 6.51. The van der Waals surface area contributed by atoms with Crippen molar-refractivity contribution in [1.29, 1.82) is 0 Å². The second kappa shape index (κ2) is 11.6. The molecule has 0 atom stereocenters. The number of aryl methyl sites for hydroxylation is 2. The zero-order valence-corrected chi connectivity index (χ0v) is 21.6. The second-order valence-electron chi connectivity index (χ2n) is 8.89. The van der Waals surface area contributed by atoms with Crippen LogP contribution in [0.3, 0.4) is 0 Å². The molecular weight excluding hydrogens is 470 g/mol. The first-order valence-corrected chi connectivity index (χ1v) is 12.1. The molecule has 9 heteroatoms. The molecule has 1 fully saturated rings. The maximum absolute atomic E-state index is 12.9. The number of carbonyl (C=O) groups is 2. The van der Waals surface area contributed by atoms with Gasteiger partial charge in [0.25, 0.3) is 0 Å². The summed E-state index contributed by atoms with van der Waals surface area (Å²) in [5.41, 5.74) is 4.99. The van der Waals surface area contributed by atoms with Gasteiger partial charge in [-0.3, -0.25) is 0 Å². The van der Waals surface area contributed by atoms with Crippen LogP contribution >= 0.6 is 0 Å². The van der Waals surface area contributed by atoms with Crippen LogP contribution < -0.4 is 30.3 Å². The maximum atomic E-state index is 12.9. The zero-order valence-electron chi connectivity index (χ0n) is 21.6. The van der Waals surface area contributed by atoms with E-state index in [1.165, 1.54) is 0 Å². The minimum absolute atomic E-state index is 0.136. The number of benzene rings is 3. The van der Waals surface area contributed by atoms with Crippen LogP contribution in [0, 0.1) is 13.8 Å². The molecule has 0 unspecified atom stereocenters. The van der Waals surface area contributed by atoms with Crippen LogP contribution in [-0.4, -0.2) is 57.4 Å². The smallest absolute Gasteiger partial charge is 0.323 e. The molecule has 0 radical (unpaired) electrons. The van der Waals surface area contributed by atoms with Crippen LogP contribution in [0.2, 0.25) is 0 Å². The minimum Gasteiger partial charge on any atom is -0.495 e. The lowest BCUT2D eigenvalue weighted by molar-refractivity contribution is 0.208. The number of para-hydroxylation sites is 1. The van der Waals surface area contributed by atoms with Gasteiger partial charge in [0, 0.05) is 37.6 Å². The predicted octanol–water partition coefficient (Wildman–Crippen LogP) is 5.32. The normalized spacial score (nSPS) is 13.1. The van der Waals surface area contributed by atoms with Gasteiger partial charge >= 0.3 is 12.1 Å². The summed E-state index contributed by atoms with van der Waals surface area (Å²) >= 11 is 0. The Kier molecular flexibility index (Phi) is 8.02. The number of piperazine rings is 1. The molecule has 0 aliphatic carbocycles. The van der Waals surface area contributed by atoms with Crippen molar-refractivity contribution in [1.82, 2.24) is 4.90 Å². The lowest BCUT2D eigenvalue weighted by Crippen LogP contribution is -2.50. The van der Waals surface area contributed by atoms with Crippen LogP contribution in [0.5, 0.6) is 11.5 Å². The minimum atomic E-state index is -0.346. The molecule has 3 aromatic rings. The summed E-state index contributed by atoms with van der Waals surface area (Å²) in [5, 5.41) is 8.69. The van der Waals surface area contributed by atoms with Crippen molar-refractivity contribution in [3.05, 3.63) is 71.8 Å². The van der Waals surface area contributed by atoms with E-state index in [0.717, 1.165) is 16.8 Å². The molecule has 0 aromatic heterocycles. The molecule has 4 rings (SSSR count). The molecule has 0 saturated carbocycles. The third-order valence-electron chi connectivity index (χ3n) is 6.35. The fourth-order valence-corrected chi connectivity index (χ4v) is 4.28. The fraction of sp³-hybridized carbons (Fsp3) is 0.286. The molecule has 3 N–H and O–H groups in total. The number of urea groups is 2. The summed E-state index contributed by atoms with van der Waals surface area (Å²) in [6.07, 6.45) is 0. The Morgan fingerprint density at radius 1 is 0.784 bits per heavy atom. The van der Waals surface area contributed by atoms with Crippen molar-refractivity contribution in [2.45, 2.75) is 13.8 Å². The number of amides is 4. The number of methoxy groups -OCH3 is 2. The van der Waals surface area contributed by atoms with Crippen LogP contribution in [-0.2, 0) is 0 Å². The molecular formula is C28H33N5O4. The summed E-state index contributed by atoms with van der Waals surface area (Å²) in [6, 6.07) is 18.5. The Labute approximate surface area is 217 Å². The van der Waals surface area contributed by atoms with Crippen molar-refractivity contribution in [3.63, 3.8) is 0 Å². The molecule has 0 bridgehead atoms. The third kappa shape index (κ3) is 6.24. The Morgan fingerprint density at radius 3 is 2.16 bits per heavy atom. The van der Waals surface area contributed by atoms with E-state index in [1.54, 1.807) is 14.2 Å². The van der Waals surface area contributed by atoms with Gasteiger partial charge in [-0.25, -0.2) is 9.59 Å². The maximum Gasteiger partial charge on any atom is 0.323 e. The van der Waals surface area contributed by atoms with Crippen molar-refractivity contribution < 1.29 is 19.1 Å². The van der Waals surface area contributed by atoms with Gasteiger partial charge in [0.1, 0.15) is 11.5 Å². The summed E-state index contributed by atoms with van der Waals surface area (Å²) < 4.78 is 10.7. The van der Waals surface area contributed by atoms with E-state index in [9.17, 15) is 9.59 Å². The number of nitrogens with one attached hydrogen (secondary N) is 3. The van der Waals surface area contributed by atoms with E-state index in [2.05, 4.69) is 20.9 Å². The molecule has 3 aromatic carbocycles. The molecule has 1 aliphatic rings. The standard InChI is InChI=1S/C28H33N5O4/c1-19-8-13-24(36-3)23(18-19)30-27(34)29-21-9-11-22(12-10-21)32-14-16-33(17-15-32)28(35)31-26-20(2)6-5-7-25(26)37-4/h5-13,18H,14-17H2,1-4H3,(H,31,35)(H2,29,30,34). The van der Waals surface area contributed by atoms with E-state index in [-0.39, 0.29) is 12.1 Å². The zero-order chi connectivity index (χ0) is 26.4. The van der Waals surface area contributed by atoms with Crippen LogP contribution in [0.25, 0.3) is 0 Å². The highest BCUT2D eigenvalue weighted by molar-refractivity contribution is 6.00. The van der Waals surface area contributed by atoms with Crippen LogP contribution in [0.1, 0.15) is 11.1 Å². The van der Waals surface area contributed by atoms with E-state index >= 15 is 0 Å². The molecule has 37 heavy (non-hydrogen) atoms. The highest BCUT2D eigenvalue weighted by Gasteiger charge is 2.22. The Bertz CT molecular complexity index is 1250. The van der Waals surface area contributed by atoms with Gasteiger partial charge in [0.2, 0.25) is 0 Å². The van der Waals surface area contributed by atoms with E-state index < -0.39 is 0 Å². The van der Waals surface area contributed by atoms with Gasteiger partial charge in [-0.1, -0.05) is 18.2 Å². The molecule has 1 heterocycles. The first-order valence-electron chi connectivity index (χ1n) is 12.1. The predicted molar refractivity (Wildman–Crippen MR) is 147 cm³/mol. The molecule has 0 spiro atoms. The van der Waals surface area contributed by atoms with E-state index in [0.29, 0.717) is 54.7 Å². The molecule has 4 amide bonds. The first-order chi connectivity index (χ1) is 17.9. The Balaban J connectivity index is 1.30. The quantitative estimate of drug-likeness (QED) is 0.423. The van der Waals surface area contributed by atoms with Crippen molar-refractivity contribution in [2.24, 2.45) is 0 Å². The van der Waals surface area contributed by atoms with Gasteiger partial charge in [-0.15, -0.1) is 0 Å². The number of rotatable bonds is 6. The number of carbonyl (C=O) groups excluding carboxylic acids is 2. The van der Waals surface area contributed by atoms with E-state index in [1.807, 2.05) is 79.4 Å². The summed E-state index contributed by atoms with van der Waals surface area (Å²) in [5.74, 6) is 1.24. The number of hydrogen-bond acceptors (Lipinski definition) is 5. The number of ether oxygens (including phenoxy) is 2. The number of hydrogen-bond donors (Lipinski definition) is 3. The van der Waals surface area contributed by atoms with Gasteiger partial charge in [-0.2, -0.15) is 0 Å². The first kappa shape index (κ1) is 25.7. The average Bonchev–Trinajstić information content (AvgIpc) is 2.90. The van der Waals surface area contributed by atoms with Gasteiger partial charge in [0.05, 0.1) is 25.6 Å². The van der Waals surface area contributed by atoms with Crippen molar-refractivity contribution in [2.75, 3.05) is 61.2 Å². The molecule has 9 nitrogen and oxygen atoms in total. The topological polar surface area (TPSA) is 95.2 Å². The van der Waals surface area contributed by atoms with Crippen molar-refractivity contribution in [3.8, 4) is 11.5 Å². The fourth-order valence-electron chi connectivity index (χ4n) is 4.28. The number of anilines is 4. The largest absolute Gasteiger partial charge is 0.495 e.